The molecule has 0 radical (unpaired) electrons. The number of piperazine rings is 1. The molecule has 2 amide bonds. The topological polar surface area (TPSA) is 106 Å². The maximum absolute atomic E-state index is 14.4. The van der Waals surface area contributed by atoms with E-state index in [4.69, 9.17) is 9.90 Å². The number of nitrogens with zero attached hydrogens (tertiary/aromatic N) is 6. The van der Waals surface area contributed by atoms with Gasteiger partial charge >= 0.3 is 18.2 Å². The number of hydrogen-bond donors (Lipinski definition) is 2. The number of carbonyl (C=O) groups is 2. The minimum atomic E-state index is -5.08. The van der Waals surface area contributed by atoms with E-state index in [9.17, 15) is 22.4 Å². The van der Waals surface area contributed by atoms with Crippen LogP contribution in [-0.2, 0) is 11.2 Å². The fourth-order valence-corrected chi connectivity index (χ4v) is 5.16. The van der Waals surface area contributed by atoms with E-state index in [0.29, 0.717) is 23.6 Å². The number of aryl methyl sites for hydroxylation is 1. The van der Waals surface area contributed by atoms with Crippen molar-refractivity contribution < 1.29 is 32.3 Å². The maximum atomic E-state index is 14.4. The molecule has 1 saturated carbocycles. The van der Waals surface area contributed by atoms with Crippen LogP contribution in [0.5, 0.6) is 0 Å². The van der Waals surface area contributed by atoms with Gasteiger partial charge in [-0.1, -0.05) is 0 Å². The Morgan fingerprint density at radius 3 is 2.54 bits per heavy atom. The lowest BCUT2D eigenvalue weighted by Crippen LogP contribution is -2.53. The van der Waals surface area contributed by atoms with Crippen LogP contribution in [0.1, 0.15) is 24.1 Å². The van der Waals surface area contributed by atoms with E-state index in [2.05, 4.69) is 38.2 Å². The van der Waals surface area contributed by atoms with Crippen LogP contribution in [0.15, 0.2) is 30.7 Å². The molecule has 3 aromatic heterocycles. The first-order valence-corrected chi connectivity index (χ1v) is 12.4. The second-order valence-electron chi connectivity index (χ2n) is 10.0. The number of pyridine rings is 2. The molecule has 1 saturated heterocycles. The Bertz CT molecular complexity index is 1440. The van der Waals surface area contributed by atoms with Gasteiger partial charge in [0.15, 0.2) is 11.5 Å². The predicted octanol–water partition coefficient (Wildman–Crippen LogP) is 3.69. The second-order valence-corrected chi connectivity index (χ2v) is 10.0. The number of halogens is 4. The van der Waals surface area contributed by atoms with Crippen LogP contribution in [0, 0.1) is 12.7 Å². The summed E-state index contributed by atoms with van der Waals surface area (Å²) >= 11 is 0. The quantitative estimate of drug-likeness (QED) is 0.470. The number of likely N-dealkylation sites (N-methyl/N-ethyl adjacent to an activating group) is 1. The number of fused-ring (bicyclic) bond motifs is 2. The van der Waals surface area contributed by atoms with Crippen LogP contribution in [-0.4, -0.2) is 81.3 Å². The molecule has 0 aromatic carbocycles. The standard InChI is InChI=1S/C23H26FN7O.C2HF3O2/c1-15-12-30-13-16(11-18(24)21(30)26-15)27-22(32)31-8-4-17-19(3-7-25-20(17)31)29-10-9-28(2)23(14-29)5-6-23;3-2(4,5)1(6)7/h3,7,11-13H,4-6,8-10,14H2,1-2H3,(H,27,32);(H,6,7). The smallest absolute Gasteiger partial charge is 0.475 e. The normalized spacial score (nSPS) is 18.1. The largest absolute Gasteiger partial charge is 0.490 e. The molecule has 0 unspecified atom stereocenters. The number of alkyl halides is 3. The van der Waals surface area contributed by atoms with Crippen molar-refractivity contribution >= 4 is 34.8 Å². The molecule has 208 valence electrons. The van der Waals surface area contributed by atoms with Gasteiger partial charge in [-0.05, 0) is 39.3 Å². The number of anilines is 3. The fraction of sp³-hybridized carbons (Fsp3) is 0.440. The van der Waals surface area contributed by atoms with Crippen molar-refractivity contribution in [3.63, 3.8) is 0 Å². The molecule has 0 bridgehead atoms. The molecule has 5 heterocycles. The Hall–Kier alpha value is -3.94. The Balaban J connectivity index is 0.000000392. The summed E-state index contributed by atoms with van der Waals surface area (Å²) in [7, 11) is 2.22. The zero-order valence-electron chi connectivity index (χ0n) is 21.3. The minimum Gasteiger partial charge on any atom is -0.475 e. The van der Waals surface area contributed by atoms with E-state index in [1.165, 1.54) is 24.6 Å². The summed E-state index contributed by atoms with van der Waals surface area (Å²) in [4.78, 5) is 37.3. The van der Waals surface area contributed by atoms with E-state index in [-0.39, 0.29) is 11.7 Å². The van der Waals surface area contributed by atoms with Gasteiger partial charge in [-0.25, -0.2) is 23.9 Å². The van der Waals surface area contributed by atoms with Crippen molar-refractivity contribution in [1.82, 2.24) is 19.3 Å². The van der Waals surface area contributed by atoms with Gasteiger partial charge in [-0.15, -0.1) is 0 Å². The summed E-state index contributed by atoms with van der Waals surface area (Å²) in [6.45, 7) is 5.41. The highest BCUT2D eigenvalue weighted by Crippen LogP contribution is 2.45. The van der Waals surface area contributed by atoms with Crippen LogP contribution in [0.3, 0.4) is 0 Å². The predicted molar refractivity (Wildman–Crippen MR) is 135 cm³/mol. The van der Waals surface area contributed by atoms with Crippen molar-refractivity contribution in [2.45, 2.75) is 37.9 Å². The summed E-state index contributed by atoms with van der Waals surface area (Å²) < 4.78 is 47.7. The van der Waals surface area contributed by atoms with Gasteiger partial charge in [0.1, 0.15) is 5.82 Å². The average Bonchev–Trinajstić information content (AvgIpc) is 3.31. The molecular weight excluding hydrogens is 522 g/mol. The molecule has 1 aliphatic carbocycles. The molecule has 2 aliphatic heterocycles. The average molecular weight is 550 g/mol. The third-order valence-electron chi connectivity index (χ3n) is 7.38. The number of hydrogen-bond acceptors (Lipinski definition) is 6. The molecule has 3 aliphatic rings. The van der Waals surface area contributed by atoms with Crippen molar-refractivity contribution in [3.05, 3.63) is 47.8 Å². The second kappa shape index (κ2) is 9.67. The van der Waals surface area contributed by atoms with E-state index in [1.54, 1.807) is 34.8 Å². The lowest BCUT2D eigenvalue weighted by molar-refractivity contribution is -0.192. The molecule has 0 atom stereocenters. The van der Waals surface area contributed by atoms with Gasteiger partial charge in [0.25, 0.3) is 0 Å². The van der Waals surface area contributed by atoms with E-state index >= 15 is 0 Å². The number of carboxylic acid groups (broad SMARTS) is 1. The van der Waals surface area contributed by atoms with Crippen LogP contribution in [0.2, 0.25) is 0 Å². The highest BCUT2D eigenvalue weighted by molar-refractivity contribution is 6.03. The van der Waals surface area contributed by atoms with Crippen molar-refractivity contribution in [3.8, 4) is 0 Å². The third kappa shape index (κ3) is 5.20. The molecule has 14 heteroatoms. The lowest BCUT2D eigenvalue weighted by Gasteiger charge is -2.41. The maximum Gasteiger partial charge on any atom is 0.490 e. The summed E-state index contributed by atoms with van der Waals surface area (Å²) in [5.41, 5.74) is 3.98. The first-order chi connectivity index (χ1) is 18.4. The zero-order valence-corrected chi connectivity index (χ0v) is 21.3. The zero-order chi connectivity index (χ0) is 28.1. The molecule has 3 aromatic rings. The number of imidazole rings is 1. The Morgan fingerprint density at radius 1 is 1.15 bits per heavy atom. The van der Waals surface area contributed by atoms with Gasteiger partial charge in [0, 0.05) is 67.6 Å². The van der Waals surface area contributed by atoms with Crippen molar-refractivity contribution in [1.29, 1.82) is 0 Å². The van der Waals surface area contributed by atoms with Crippen LogP contribution < -0.4 is 15.1 Å². The van der Waals surface area contributed by atoms with E-state index < -0.39 is 18.0 Å². The first-order valence-electron chi connectivity index (χ1n) is 12.4. The Labute approximate surface area is 220 Å². The third-order valence-corrected chi connectivity index (χ3v) is 7.38. The number of rotatable bonds is 2. The highest BCUT2D eigenvalue weighted by atomic mass is 19.4. The van der Waals surface area contributed by atoms with Crippen molar-refractivity contribution in [2.75, 3.05) is 48.3 Å². The van der Waals surface area contributed by atoms with Crippen LogP contribution >= 0.6 is 0 Å². The van der Waals surface area contributed by atoms with Gasteiger partial charge in [0.2, 0.25) is 0 Å². The van der Waals surface area contributed by atoms with Gasteiger partial charge < -0.3 is 19.7 Å². The number of amides is 2. The molecule has 2 fully saturated rings. The summed E-state index contributed by atoms with van der Waals surface area (Å²) in [6.07, 6.45) is 3.38. The number of aromatic nitrogens is 3. The summed E-state index contributed by atoms with van der Waals surface area (Å²) in [6, 6.07) is 3.08. The fourth-order valence-electron chi connectivity index (χ4n) is 5.16. The number of urea groups is 1. The molecular formula is C25H27F4N7O3. The molecule has 39 heavy (non-hydrogen) atoms. The number of carbonyl (C=O) groups excluding carboxylic acids is 1. The van der Waals surface area contributed by atoms with Crippen molar-refractivity contribution in [2.24, 2.45) is 0 Å². The molecule has 1 spiro atoms. The monoisotopic (exact) mass is 549 g/mol. The molecule has 6 rings (SSSR count). The number of carboxylic acids is 1. The van der Waals surface area contributed by atoms with E-state index in [0.717, 1.165) is 37.3 Å². The van der Waals surface area contributed by atoms with E-state index in [1.807, 2.05) is 0 Å². The van der Waals surface area contributed by atoms with Crippen LogP contribution in [0.25, 0.3) is 5.65 Å². The molecule has 10 nitrogen and oxygen atoms in total. The van der Waals surface area contributed by atoms with Crippen LogP contribution in [0.4, 0.5) is 39.5 Å². The van der Waals surface area contributed by atoms with Gasteiger partial charge in [-0.2, -0.15) is 13.2 Å². The Kier molecular flexibility index (Phi) is 6.61. The minimum absolute atomic E-state index is 0.249. The number of nitrogens with one attached hydrogen (secondary N) is 1. The summed E-state index contributed by atoms with van der Waals surface area (Å²) in [5, 5.41) is 9.96. The summed E-state index contributed by atoms with van der Waals surface area (Å²) in [5.74, 6) is -2.53. The first kappa shape index (κ1) is 26.7. The number of aliphatic carboxylic acids is 1. The lowest BCUT2D eigenvalue weighted by atomic mass is 10.1. The SMILES string of the molecule is Cc1cn2cc(NC(=O)N3CCc4c(N5CCN(C)C6(CC6)C5)ccnc43)cc(F)c2n1.O=C(O)C(F)(F)F. The molecule has 2 N–H and O–H groups in total. The highest BCUT2D eigenvalue weighted by Gasteiger charge is 2.50. The van der Waals surface area contributed by atoms with Gasteiger partial charge in [0.05, 0.1) is 11.4 Å². The van der Waals surface area contributed by atoms with Gasteiger partial charge in [-0.3, -0.25) is 9.80 Å². The Morgan fingerprint density at radius 2 is 1.87 bits per heavy atom.